The van der Waals surface area contributed by atoms with Crippen LogP contribution in [-0.4, -0.2) is 18.5 Å². The van der Waals surface area contributed by atoms with E-state index in [0.29, 0.717) is 0 Å². The second-order valence-corrected chi connectivity index (χ2v) is 52.6. The second-order valence-electron chi connectivity index (χ2n) is 43.0. The Kier molecular flexibility index (Phi) is 11.9. The first kappa shape index (κ1) is 74.2. The van der Waals surface area contributed by atoms with Gasteiger partial charge in [-0.1, -0.05) is 62.3 Å². The number of benzene rings is 18. The molecule has 0 bridgehead atoms. The molecule has 652 valence electrons. The van der Waals surface area contributed by atoms with Gasteiger partial charge in [0, 0.05) is 16.3 Å². The Bertz CT molecular complexity index is 12500. The van der Waals surface area contributed by atoms with Crippen molar-refractivity contribution in [1.29, 1.82) is 0 Å². The fourth-order valence-corrected chi connectivity index (χ4v) is 42.9. The lowest BCUT2D eigenvalue weighted by Crippen LogP contribution is -2.51. The zero-order valence-corrected chi connectivity index (χ0v) is 85.9. The van der Waals surface area contributed by atoms with Crippen LogP contribution in [0.1, 0.15) is 223 Å². The van der Waals surface area contributed by atoms with Crippen LogP contribution in [0.25, 0.3) is 291 Å². The zero-order valence-electron chi connectivity index (χ0n) is 78.5. The zero-order chi connectivity index (χ0) is 92.5. The van der Waals surface area contributed by atoms with Crippen LogP contribution in [0, 0.1) is 94.7 Å². The number of likely N-dealkylation sites (N-methyl/N-ethyl adjacent to an activating group) is 1. The van der Waals surface area contributed by atoms with Gasteiger partial charge in [0.25, 0.3) is 0 Å². The summed E-state index contributed by atoms with van der Waals surface area (Å²) in [5.41, 5.74) is 16.3. The van der Waals surface area contributed by atoms with E-state index in [0.717, 1.165) is 137 Å². The van der Waals surface area contributed by atoms with Crippen molar-refractivity contribution in [2.24, 2.45) is 0 Å². The molecular formula is C133H61NS9. The normalized spacial score (nSPS) is 17.0. The molecule has 1 fully saturated rings. The molecule has 1 aliphatic heterocycles. The highest BCUT2D eigenvalue weighted by Crippen LogP contribution is 2.87. The molecule has 0 saturated carbocycles. The van der Waals surface area contributed by atoms with Gasteiger partial charge in [0.1, 0.15) is 0 Å². The van der Waals surface area contributed by atoms with Crippen LogP contribution < -0.4 is 0 Å². The molecule has 1 unspecified atom stereocenters. The predicted molar refractivity (Wildman–Crippen MR) is 620 cm³/mol. The molecule has 1 saturated heterocycles. The molecule has 10 heterocycles. The summed E-state index contributed by atoms with van der Waals surface area (Å²) in [6.07, 6.45) is 8.21. The fraction of sp³-hybridized carbons (Fsp3) is 0.173. The average Bonchev–Trinajstić information content (AvgIpc) is 1.38. The van der Waals surface area contributed by atoms with E-state index in [-0.39, 0.29) is 11.5 Å². The topological polar surface area (TPSA) is 3.24 Å². The van der Waals surface area contributed by atoms with Gasteiger partial charge in [0.05, 0.1) is 94.9 Å². The fourth-order valence-electron chi connectivity index (χ4n) is 34.0. The van der Waals surface area contributed by atoms with Crippen molar-refractivity contribution in [3.63, 3.8) is 0 Å². The third-order valence-corrected chi connectivity index (χ3v) is 47.5. The molecule has 9 aromatic heterocycles. The molecule has 4 aliphatic carbocycles. The van der Waals surface area contributed by atoms with Crippen LogP contribution in [0.15, 0.2) is 60.7 Å². The van der Waals surface area contributed by atoms with E-state index in [4.69, 9.17) is 0 Å². The molecule has 28 aromatic carbocycles. The molecule has 1 atom stereocenters. The van der Waals surface area contributed by atoms with Gasteiger partial charge in [-0.3, -0.25) is 4.90 Å². The summed E-state index contributed by atoms with van der Waals surface area (Å²) in [6, 6.07) is 22.9. The second kappa shape index (κ2) is 22.9. The maximum atomic E-state index is 4.04. The highest BCUT2D eigenvalue weighted by Gasteiger charge is 2.76. The summed E-state index contributed by atoms with van der Waals surface area (Å²) < 4.78 is 0. The van der Waals surface area contributed by atoms with Gasteiger partial charge in [0.15, 0.2) is 0 Å². The van der Waals surface area contributed by atoms with Crippen molar-refractivity contribution in [2.45, 2.75) is 137 Å². The van der Waals surface area contributed by atoms with Gasteiger partial charge in [-0.2, -0.15) is 0 Å². The lowest BCUT2D eigenvalue weighted by atomic mass is 9.48. The Morgan fingerprint density at radius 3 is 0.580 bits per heavy atom. The Labute approximate surface area is 849 Å². The van der Waals surface area contributed by atoms with Gasteiger partial charge in [-0.25, -0.2) is 0 Å². The number of nitrogens with zero attached hydrogens (tertiary/aromatic N) is 1. The van der Waals surface area contributed by atoms with Gasteiger partial charge in [-0.05, 0) is 578 Å². The Balaban J connectivity index is 0.403. The molecule has 10 heteroatoms. The minimum Gasteiger partial charge on any atom is -0.296 e. The quantitative estimate of drug-likeness (QED) is 0.0974. The summed E-state index contributed by atoms with van der Waals surface area (Å²) in [4.78, 5) is 23.1. The van der Waals surface area contributed by atoms with E-state index >= 15 is 0 Å². The minimum atomic E-state index is -0.432. The van der Waals surface area contributed by atoms with E-state index in [9.17, 15) is 0 Å². The number of hydrogen-bond donors (Lipinski definition) is 0. The van der Waals surface area contributed by atoms with Gasteiger partial charge in [0.2, 0.25) is 0 Å². The highest BCUT2D eigenvalue weighted by atomic mass is 32.1. The van der Waals surface area contributed by atoms with E-state index < -0.39 is 5.41 Å². The van der Waals surface area contributed by atoms with Crippen LogP contribution in [0.3, 0.4) is 0 Å². The molecular weight excluding hydrogens is 1900 g/mol. The van der Waals surface area contributed by atoms with Crippen molar-refractivity contribution in [2.75, 3.05) is 13.6 Å². The van der Waals surface area contributed by atoms with Crippen molar-refractivity contribution in [1.82, 2.24) is 4.90 Å². The summed E-state index contributed by atoms with van der Waals surface area (Å²) in [5, 5.41) is 89.2. The number of aryl methyl sites for hydroxylation is 9. The molecule has 5 aliphatic rings. The van der Waals surface area contributed by atoms with Gasteiger partial charge < -0.3 is 0 Å². The number of thiophene rings is 9. The predicted octanol–water partition coefficient (Wildman–Crippen LogP) is 34.8. The van der Waals surface area contributed by atoms with E-state index in [1.807, 2.05) is 0 Å². The molecule has 0 N–H and O–H groups in total. The molecule has 0 radical (unpaired) electrons. The van der Waals surface area contributed by atoms with Crippen molar-refractivity contribution in [3.05, 3.63) is 215 Å². The molecule has 2 spiro atoms. The number of hydrogen-bond acceptors (Lipinski definition) is 10. The maximum Gasteiger partial charge on any atom is 0.0817 e. The molecule has 37 aromatic rings. The summed E-state index contributed by atoms with van der Waals surface area (Å²) in [6.45, 7) is 21.1. The summed E-state index contributed by atoms with van der Waals surface area (Å²) in [5.74, 6) is 58.1. The highest BCUT2D eigenvalue weighted by molar-refractivity contribution is 7.16. The first-order valence-electron chi connectivity index (χ1n) is 51.2. The lowest BCUT2D eigenvalue weighted by molar-refractivity contribution is 0.276. The Hall–Kier alpha value is -13.8. The van der Waals surface area contributed by atoms with Crippen LogP contribution in [0.5, 0.6) is 0 Å². The maximum absolute atomic E-state index is 4.04. The Morgan fingerprint density at radius 1 is 0.203 bits per heavy atom. The third kappa shape index (κ3) is 6.97. The van der Waals surface area contributed by atoms with Gasteiger partial charge >= 0.3 is 0 Å². The minimum absolute atomic E-state index is 0.0550. The lowest BCUT2D eigenvalue weighted by Gasteiger charge is -2.52. The van der Waals surface area contributed by atoms with E-state index in [1.54, 1.807) is 404 Å². The number of rotatable bonds is 10. The molecule has 143 heavy (non-hydrogen) atoms. The Morgan fingerprint density at radius 2 is 0.385 bits per heavy atom. The van der Waals surface area contributed by atoms with Crippen LogP contribution in [0.4, 0.5) is 0 Å². The van der Waals surface area contributed by atoms with Gasteiger partial charge in [-0.15, -0.1) is 102 Å². The number of likely N-dealkylation sites (tertiary alicyclic amines) is 1. The van der Waals surface area contributed by atoms with Crippen LogP contribution in [-0.2, 0) is 68.6 Å². The summed E-state index contributed by atoms with van der Waals surface area (Å²) >= 11 is 15.8. The largest absolute Gasteiger partial charge is 0.296 e. The van der Waals surface area contributed by atoms with E-state index in [2.05, 4.69) is 241 Å². The van der Waals surface area contributed by atoms with Crippen LogP contribution in [0.2, 0.25) is 0 Å². The van der Waals surface area contributed by atoms with E-state index in [1.165, 1.54) is 59.1 Å². The van der Waals surface area contributed by atoms with Crippen LogP contribution >= 0.6 is 102 Å². The molecule has 1 nitrogen and oxygen atoms in total. The van der Waals surface area contributed by atoms with Crippen molar-refractivity contribution >= 4 is 393 Å². The first-order chi connectivity index (χ1) is 70.5. The average molecular weight is 1960 g/mol. The SMILES string of the molecule is CCc1ccc(C#Cc2sc(C#Cc3sc(C#Cc4sc(C#Cc5sc(C#Cc6sc(C#Cc7sc(C#Cc8sc(C#Cc9sc(C%10N(C)CC%11%12c%13c%14c%15c%16c%17c%18c(c%19c%20c%11c%11c%13c%13c%21c%14c%14c%15c%15c%17c%17c%22c%18c%18c%19c%19c%20c%20c%11c%11c%13c%13c%21c%21c%14c%14c%15c%17c%15c%17c%22c%18c%18c%19c%19c%20c%11c%11c%13c%13c%21c%14c%15c%14c%17c%18c%19c%11c%13%14)C%16%10%12)cc9CC)cc8CC)cc7CC)cc6CC)cc5CC)cc4CC)cc3CC)cc2CC)s1. The standard InChI is InChI=1S/C133H61NS9/c1-11-47-38-57(136-64(47)30-22-56-21-20-55(19-9)135-56)23-31-65-48(12-2)39-58(137-65)24-32-66-49(13-3)40-59(138-66)25-33-67-50(14-4)41-60(139-67)26-34-68-51(15-5)42-61(140-68)27-35-69-52(16-6)43-62(141-69)28-36-70-53(17-7)44-63(142-70)29-37-71-54(18-8)45-72(143-71)131-133-129-123-117-107-95-87-79-75-73-74-77-81(79)89(95)99-93-85(77)86-78(74)82-80-76(73)84-83(75)91-97(87)105-111-101(91)102-92(84)98-88(80)96-90(82)100-94(86)104-103(93)115(109(99)117)125(129)126-116(104)110(100)118-108(96)114-106(98)112(102)120-119(111)127(121(123)113(105)107)132(133,46-134(131)10)128(120)122(114)124(118)130(126)133/h20-21,38-45,131H,11-19,46H2,1-10H3. The molecule has 42 rings (SSSR count). The molecule has 0 amide bonds. The smallest absolute Gasteiger partial charge is 0.0817 e. The van der Waals surface area contributed by atoms with Crippen molar-refractivity contribution in [3.8, 4) is 94.7 Å². The summed E-state index contributed by atoms with van der Waals surface area (Å²) in [7, 11) is 2.61. The monoisotopic (exact) mass is 1960 g/mol. The van der Waals surface area contributed by atoms with Crippen molar-refractivity contribution < 1.29 is 0 Å². The third-order valence-electron chi connectivity index (χ3n) is 38.1. The first-order valence-corrected chi connectivity index (χ1v) is 58.6.